The lowest BCUT2D eigenvalue weighted by Crippen LogP contribution is -2.32. The summed E-state index contributed by atoms with van der Waals surface area (Å²) in [7, 11) is 0. The lowest BCUT2D eigenvalue weighted by Gasteiger charge is -2.24. The molecule has 2 aliphatic rings. The molecular formula is C25H27N5O7. The number of imide groups is 1. The van der Waals surface area contributed by atoms with E-state index in [-0.39, 0.29) is 64.2 Å². The molecule has 0 saturated heterocycles. The summed E-state index contributed by atoms with van der Waals surface area (Å²) in [6, 6.07) is 8.85. The van der Waals surface area contributed by atoms with Gasteiger partial charge in [-0.3, -0.25) is 43.8 Å². The maximum atomic E-state index is 11.7. The number of carboxylic acid groups (broad SMARTS) is 2. The maximum absolute atomic E-state index is 11.7. The number of ether oxygens (including phenoxy) is 1. The summed E-state index contributed by atoms with van der Waals surface area (Å²) in [4.78, 5) is 60.3. The van der Waals surface area contributed by atoms with Crippen LogP contribution < -0.4 is 4.74 Å². The molecule has 4 rings (SSSR count). The first kappa shape index (κ1) is 25.9. The Balaban J connectivity index is 1.55. The van der Waals surface area contributed by atoms with E-state index in [4.69, 9.17) is 4.74 Å². The van der Waals surface area contributed by atoms with Crippen LogP contribution in [0.1, 0.15) is 29.2 Å². The van der Waals surface area contributed by atoms with Gasteiger partial charge in [0, 0.05) is 57.0 Å². The first-order chi connectivity index (χ1) is 17.7. The zero-order valence-electron chi connectivity index (χ0n) is 20.1. The van der Waals surface area contributed by atoms with Gasteiger partial charge in [0.15, 0.2) is 0 Å². The largest absolute Gasteiger partial charge is 0.493 e. The number of nitrogens with zero attached hydrogens (tertiary/aromatic N) is 5. The van der Waals surface area contributed by atoms with Crippen LogP contribution in [0.15, 0.2) is 42.5 Å². The number of pyridine rings is 2. The fourth-order valence-corrected chi connectivity index (χ4v) is 4.27. The van der Waals surface area contributed by atoms with Gasteiger partial charge in [0.05, 0.1) is 42.5 Å². The molecule has 0 fully saturated rings. The van der Waals surface area contributed by atoms with Crippen LogP contribution in [-0.2, 0) is 45.4 Å². The van der Waals surface area contributed by atoms with Gasteiger partial charge in [0.2, 0.25) is 0 Å². The van der Waals surface area contributed by atoms with Crippen molar-refractivity contribution in [3.8, 4) is 5.75 Å². The Morgan fingerprint density at radius 1 is 0.811 bits per heavy atom. The van der Waals surface area contributed by atoms with Gasteiger partial charge in [0.1, 0.15) is 5.75 Å². The Hall–Kier alpha value is -4.16. The van der Waals surface area contributed by atoms with E-state index < -0.39 is 11.9 Å². The van der Waals surface area contributed by atoms with Gasteiger partial charge in [-0.05, 0) is 18.6 Å². The minimum atomic E-state index is -0.982. The van der Waals surface area contributed by atoms with Crippen molar-refractivity contribution in [2.45, 2.75) is 32.6 Å². The second-order valence-corrected chi connectivity index (χ2v) is 8.85. The molecule has 0 atom stereocenters. The van der Waals surface area contributed by atoms with Crippen molar-refractivity contribution >= 4 is 23.8 Å². The third kappa shape index (κ3) is 7.41. The molecule has 12 nitrogen and oxygen atoms in total. The molecule has 4 heterocycles. The molecule has 2 aliphatic heterocycles. The van der Waals surface area contributed by atoms with Crippen molar-refractivity contribution in [3.63, 3.8) is 0 Å². The number of aromatic nitrogens is 2. The molecule has 12 heteroatoms. The van der Waals surface area contributed by atoms with E-state index in [0.29, 0.717) is 34.9 Å². The highest BCUT2D eigenvalue weighted by atomic mass is 16.5. The fraction of sp³-hybridized carbons (Fsp3) is 0.360. The van der Waals surface area contributed by atoms with Crippen LogP contribution in [-0.4, -0.2) is 84.9 Å². The molecule has 0 radical (unpaired) electrons. The van der Waals surface area contributed by atoms with Crippen LogP contribution in [0.2, 0.25) is 0 Å². The molecule has 2 amide bonds. The van der Waals surface area contributed by atoms with Crippen molar-refractivity contribution in [2.75, 3.05) is 26.2 Å². The number of carbonyl (C=O) groups excluding carboxylic acids is 2. The summed E-state index contributed by atoms with van der Waals surface area (Å²) in [6.07, 6.45) is 2.89. The predicted octanol–water partition coefficient (Wildman–Crippen LogP) is 0.658. The molecule has 2 aromatic heterocycles. The second-order valence-electron chi connectivity index (χ2n) is 8.85. The zero-order valence-corrected chi connectivity index (χ0v) is 20.1. The predicted molar refractivity (Wildman–Crippen MR) is 128 cm³/mol. The number of amides is 2. The number of hydrogen-bond acceptors (Lipinski definition) is 9. The summed E-state index contributed by atoms with van der Waals surface area (Å²) < 4.78 is 5.90. The number of carboxylic acids is 2. The average molecular weight is 510 g/mol. The Labute approximate surface area is 212 Å². The number of carbonyl (C=O) groups is 4. The highest BCUT2D eigenvalue weighted by Crippen LogP contribution is 2.20. The molecule has 4 bridgehead atoms. The number of aliphatic carboxylic acids is 2. The van der Waals surface area contributed by atoms with Gasteiger partial charge in [-0.25, -0.2) is 0 Å². The molecule has 0 aliphatic carbocycles. The molecular weight excluding hydrogens is 482 g/mol. The third-order valence-electron chi connectivity index (χ3n) is 5.72. The first-order valence-corrected chi connectivity index (χ1v) is 11.7. The highest BCUT2D eigenvalue weighted by Gasteiger charge is 2.23. The number of hydrogen-bond donors (Lipinski definition) is 2. The van der Waals surface area contributed by atoms with Crippen LogP contribution in [0.25, 0.3) is 0 Å². The zero-order chi connectivity index (χ0) is 26.4. The van der Waals surface area contributed by atoms with Gasteiger partial charge in [-0.15, -0.1) is 0 Å². The lowest BCUT2D eigenvalue weighted by atomic mass is 10.2. The van der Waals surface area contributed by atoms with E-state index in [9.17, 15) is 29.4 Å². The molecule has 2 aromatic rings. The van der Waals surface area contributed by atoms with E-state index in [1.165, 1.54) is 12.2 Å². The van der Waals surface area contributed by atoms with Crippen molar-refractivity contribution < 1.29 is 34.1 Å². The van der Waals surface area contributed by atoms with Crippen molar-refractivity contribution in [1.29, 1.82) is 0 Å². The van der Waals surface area contributed by atoms with E-state index in [2.05, 4.69) is 9.97 Å². The van der Waals surface area contributed by atoms with E-state index in [0.717, 1.165) is 4.90 Å². The third-order valence-corrected chi connectivity index (χ3v) is 5.72. The average Bonchev–Trinajstić information content (AvgIpc) is 3.12. The molecule has 0 aromatic carbocycles. The topological polar surface area (TPSA) is 153 Å². The van der Waals surface area contributed by atoms with Crippen LogP contribution >= 0.6 is 0 Å². The van der Waals surface area contributed by atoms with E-state index in [1.54, 1.807) is 34.1 Å². The van der Waals surface area contributed by atoms with Crippen LogP contribution in [0.5, 0.6) is 5.75 Å². The fourth-order valence-electron chi connectivity index (χ4n) is 4.27. The van der Waals surface area contributed by atoms with Gasteiger partial charge in [-0.2, -0.15) is 0 Å². The Bertz CT molecular complexity index is 1150. The smallest absolute Gasteiger partial charge is 0.317 e. The molecule has 194 valence electrons. The van der Waals surface area contributed by atoms with Gasteiger partial charge < -0.3 is 14.9 Å². The van der Waals surface area contributed by atoms with Crippen molar-refractivity contribution in [2.24, 2.45) is 0 Å². The van der Waals surface area contributed by atoms with E-state index in [1.807, 2.05) is 6.07 Å². The standard InChI is InChI=1S/C25H27N5O7/c31-22-5-6-23(32)30(22)7-2-8-37-21-9-19-13-28(15-24(33)34)11-17-3-1-4-18(26-17)12-29(16-25(35)36)14-20(10-21)27-19/h1,3-6,9-10H,2,7-8,11-16H2,(H,33,34)(H,35,36). The quantitative estimate of drug-likeness (QED) is 0.362. The number of rotatable bonds is 9. The molecule has 0 saturated carbocycles. The normalized spacial score (nSPS) is 16.4. The van der Waals surface area contributed by atoms with Gasteiger partial charge >= 0.3 is 11.9 Å². The van der Waals surface area contributed by atoms with Crippen LogP contribution in [0, 0.1) is 0 Å². The Morgan fingerprint density at radius 3 is 1.81 bits per heavy atom. The maximum Gasteiger partial charge on any atom is 0.317 e. The van der Waals surface area contributed by atoms with Crippen LogP contribution in [0.4, 0.5) is 0 Å². The minimum absolute atomic E-state index is 0.212. The van der Waals surface area contributed by atoms with Crippen molar-refractivity contribution in [1.82, 2.24) is 24.7 Å². The number of fused-ring (bicyclic) bond motifs is 4. The van der Waals surface area contributed by atoms with Crippen molar-refractivity contribution in [3.05, 3.63) is 65.3 Å². The molecule has 0 unspecified atom stereocenters. The minimum Gasteiger partial charge on any atom is -0.493 e. The van der Waals surface area contributed by atoms with E-state index >= 15 is 0 Å². The lowest BCUT2D eigenvalue weighted by molar-refractivity contribution is -0.139. The summed E-state index contributed by atoms with van der Waals surface area (Å²) in [5.41, 5.74) is 2.47. The first-order valence-electron chi connectivity index (χ1n) is 11.7. The molecule has 0 spiro atoms. The Kier molecular flexibility index (Phi) is 8.21. The van der Waals surface area contributed by atoms with Gasteiger partial charge in [-0.1, -0.05) is 6.07 Å². The summed E-state index contributed by atoms with van der Waals surface area (Å²) in [6.45, 7) is 0.981. The SMILES string of the molecule is O=C(O)CN1Cc2cccc(n2)CN(CC(=O)O)Cc2cc(OCCCN3C(=O)C=CC3=O)cc(n2)C1. The second kappa shape index (κ2) is 11.7. The summed E-state index contributed by atoms with van der Waals surface area (Å²) in [5, 5.41) is 18.8. The van der Waals surface area contributed by atoms with Gasteiger partial charge in [0.25, 0.3) is 11.8 Å². The Morgan fingerprint density at radius 2 is 1.30 bits per heavy atom. The monoisotopic (exact) mass is 509 g/mol. The highest BCUT2D eigenvalue weighted by molar-refractivity contribution is 6.12. The molecule has 2 N–H and O–H groups in total. The summed E-state index contributed by atoms with van der Waals surface area (Å²) >= 11 is 0. The molecule has 37 heavy (non-hydrogen) atoms. The van der Waals surface area contributed by atoms with Crippen LogP contribution in [0.3, 0.4) is 0 Å². The summed E-state index contributed by atoms with van der Waals surface area (Å²) in [5.74, 6) is -2.18.